The summed E-state index contributed by atoms with van der Waals surface area (Å²) in [6.07, 6.45) is 0. The number of fused-ring (bicyclic) bond motifs is 1. The quantitative estimate of drug-likeness (QED) is 0.799. The maximum absolute atomic E-state index is 12.0. The van der Waals surface area contributed by atoms with Gasteiger partial charge in [0, 0.05) is 38.3 Å². The number of benzene rings is 2. The molecule has 1 amide bonds. The van der Waals surface area contributed by atoms with Gasteiger partial charge in [0.15, 0.2) is 11.5 Å². The summed E-state index contributed by atoms with van der Waals surface area (Å²) < 4.78 is 11.5. The Balaban J connectivity index is 1.70. The summed E-state index contributed by atoms with van der Waals surface area (Å²) in [5.74, 6) is 1.72. The van der Waals surface area contributed by atoms with Crippen LogP contribution in [0.25, 0.3) is 0 Å². The Morgan fingerprint density at radius 1 is 1.00 bits per heavy atom. The van der Waals surface area contributed by atoms with E-state index in [4.69, 9.17) is 9.47 Å². The van der Waals surface area contributed by atoms with Crippen LogP contribution in [0.5, 0.6) is 11.5 Å². The largest absolute Gasteiger partial charge is 0.486 e. The van der Waals surface area contributed by atoms with Crippen molar-refractivity contribution in [1.82, 2.24) is 9.80 Å². The number of carbonyl (C=O) groups excluding carboxylic acids is 1. The number of para-hydroxylation sites is 1. The Labute approximate surface area is 155 Å². The van der Waals surface area contributed by atoms with Gasteiger partial charge in [-0.05, 0) is 30.3 Å². The van der Waals surface area contributed by atoms with Gasteiger partial charge in [-0.1, -0.05) is 31.2 Å². The number of hydrogen-bond donors (Lipinski definition) is 0. The molecule has 0 aromatic heterocycles. The van der Waals surface area contributed by atoms with E-state index >= 15 is 0 Å². The zero-order chi connectivity index (χ0) is 18.5. The third-order valence-electron chi connectivity index (χ3n) is 4.50. The van der Waals surface area contributed by atoms with Gasteiger partial charge < -0.3 is 14.4 Å². The first-order valence-electron chi connectivity index (χ1n) is 8.99. The van der Waals surface area contributed by atoms with Crippen molar-refractivity contribution in [2.75, 3.05) is 33.9 Å². The third-order valence-corrected chi connectivity index (χ3v) is 4.50. The zero-order valence-electron chi connectivity index (χ0n) is 15.7. The van der Waals surface area contributed by atoms with Crippen LogP contribution >= 0.6 is 0 Å². The molecule has 138 valence electrons. The number of rotatable bonds is 6. The van der Waals surface area contributed by atoms with Crippen LogP contribution in [0.1, 0.15) is 28.4 Å². The highest BCUT2D eigenvalue weighted by molar-refractivity contribution is 5.93. The van der Waals surface area contributed by atoms with Crippen LogP contribution in [0, 0.1) is 0 Å². The maximum atomic E-state index is 12.0. The van der Waals surface area contributed by atoms with Gasteiger partial charge in [0.1, 0.15) is 13.2 Å². The molecule has 0 atom stereocenters. The molecule has 0 aliphatic carbocycles. The summed E-state index contributed by atoms with van der Waals surface area (Å²) in [6.45, 7) is 5.88. The fraction of sp³-hybridized carbons (Fsp3) is 0.381. The van der Waals surface area contributed by atoms with Crippen molar-refractivity contribution in [3.63, 3.8) is 0 Å². The summed E-state index contributed by atoms with van der Waals surface area (Å²) in [4.78, 5) is 15.9. The minimum atomic E-state index is 0.0250. The van der Waals surface area contributed by atoms with Crippen molar-refractivity contribution in [2.24, 2.45) is 0 Å². The molecular formula is C21H26N2O3. The van der Waals surface area contributed by atoms with Crippen LogP contribution in [0.2, 0.25) is 0 Å². The molecule has 0 N–H and O–H groups in total. The van der Waals surface area contributed by atoms with E-state index < -0.39 is 0 Å². The molecule has 0 saturated carbocycles. The molecule has 5 heteroatoms. The van der Waals surface area contributed by atoms with E-state index in [1.54, 1.807) is 19.0 Å². The van der Waals surface area contributed by atoms with Crippen LogP contribution in [0.3, 0.4) is 0 Å². The lowest BCUT2D eigenvalue weighted by Gasteiger charge is -2.25. The summed E-state index contributed by atoms with van der Waals surface area (Å²) in [6, 6.07) is 13.9. The molecule has 0 unspecified atom stereocenters. The first-order chi connectivity index (χ1) is 12.6. The molecule has 3 rings (SSSR count). The molecule has 1 heterocycles. The number of carbonyl (C=O) groups is 1. The lowest BCUT2D eigenvalue weighted by atomic mass is 10.1. The molecule has 0 bridgehead atoms. The fourth-order valence-corrected chi connectivity index (χ4v) is 3.05. The molecule has 1 aliphatic rings. The number of ether oxygens (including phenoxy) is 2. The zero-order valence-corrected chi connectivity index (χ0v) is 15.7. The van der Waals surface area contributed by atoms with Crippen molar-refractivity contribution >= 4 is 5.91 Å². The van der Waals surface area contributed by atoms with E-state index in [-0.39, 0.29) is 5.91 Å². The van der Waals surface area contributed by atoms with Crippen molar-refractivity contribution in [1.29, 1.82) is 0 Å². The van der Waals surface area contributed by atoms with Gasteiger partial charge in [-0.25, -0.2) is 0 Å². The fourth-order valence-electron chi connectivity index (χ4n) is 3.05. The molecule has 1 aliphatic heterocycles. The van der Waals surface area contributed by atoms with Gasteiger partial charge in [-0.15, -0.1) is 0 Å². The van der Waals surface area contributed by atoms with Crippen molar-refractivity contribution in [3.05, 3.63) is 59.2 Å². The van der Waals surface area contributed by atoms with E-state index in [1.165, 1.54) is 5.56 Å². The molecule has 26 heavy (non-hydrogen) atoms. The topological polar surface area (TPSA) is 42.0 Å². The van der Waals surface area contributed by atoms with E-state index in [0.29, 0.717) is 18.8 Å². The molecule has 5 nitrogen and oxygen atoms in total. The molecule has 2 aromatic carbocycles. The summed E-state index contributed by atoms with van der Waals surface area (Å²) in [7, 11) is 3.53. The Morgan fingerprint density at radius 3 is 2.42 bits per heavy atom. The lowest BCUT2D eigenvalue weighted by molar-refractivity contribution is 0.0827. The standard InChI is InChI=1S/C21H26N2O3/c1-4-23(14-16-8-10-17(11-9-16)21(24)22(2)3)15-18-6-5-7-19-20(18)26-13-12-25-19/h5-11H,4,12-15H2,1-3H3. The minimum absolute atomic E-state index is 0.0250. The third kappa shape index (κ3) is 4.17. The second-order valence-corrected chi connectivity index (χ2v) is 6.64. The highest BCUT2D eigenvalue weighted by Crippen LogP contribution is 2.34. The molecule has 0 saturated heterocycles. The van der Waals surface area contributed by atoms with E-state index in [0.717, 1.165) is 36.7 Å². The Hall–Kier alpha value is -2.53. The normalized spacial score (nSPS) is 12.9. The minimum Gasteiger partial charge on any atom is -0.486 e. The van der Waals surface area contributed by atoms with Crippen molar-refractivity contribution < 1.29 is 14.3 Å². The second-order valence-electron chi connectivity index (χ2n) is 6.64. The first kappa shape index (κ1) is 18.3. The van der Waals surface area contributed by atoms with Crippen LogP contribution in [-0.4, -0.2) is 49.6 Å². The van der Waals surface area contributed by atoms with Gasteiger partial charge in [0.25, 0.3) is 5.91 Å². The molecular weight excluding hydrogens is 328 g/mol. The highest BCUT2D eigenvalue weighted by atomic mass is 16.6. The molecule has 0 radical (unpaired) electrons. The smallest absolute Gasteiger partial charge is 0.253 e. The highest BCUT2D eigenvalue weighted by Gasteiger charge is 2.17. The first-order valence-corrected chi connectivity index (χ1v) is 8.99. The van der Waals surface area contributed by atoms with Gasteiger partial charge in [-0.2, -0.15) is 0 Å². The van der Waals surface area contributed by atoms with Crippen LogP contribution in [-0.2, 0) is 13.1 Å². The molecule has 2 aromatic rings. The Morgan fingerprint density at radius 2 is 1.73 bits per heavy atom. The van der Waals surface area contributed by atoms with Crippen LogP contribution < -0.4 is 9.47 Å². The Kier molecular flexibility index (Phi) is 5.78. The second kappa shape index (κ2) is 8.23. The van der Waals surface area contributed by atoms with Gasteiger partial charge in [0.05, 0.1) is 0 Å². The van der Waals surface area contributed by atoms with Gasteiger partial charge in [0.2, 0.25) is 0 Å². The number of hydrogen-bond acceptors (Lipinski definition) is 4. The van der Waals surface area contributed by atoms with Gasteiger partial charge in [-0.3, -0.25) is 9.69 Å². The number of nitrogens with zero attached hydrogens (tertiary/aromatic N) is 2. The SMILES string of the molecule is CCN(Cc1ccc(C(=O)N(C)C)cc1)Cc1cccc2c1OCCO2. The monoisotopic (exact) mass is 354 g/mol. The maximum Gasteiger partial charge on any atom is 0.253 e. The van der Waals surface area contributed by atoms with E-state index in [9.17, 15) is 4.79 Å². The van der Waals surface area contributed by atoms with Crippen LogP contribution in [0.4, 0.5) is 0 Å². The average Bonchev–Trinajstić information content (AvgIpc) is 2.67. The van der Waals surface area contributed by atoms with Gasteiger partial charge >= 0.3 is 0 Å². The summed E-state index contributed by atoms with van der Waals surface area (Å²) in [5.41, 5.74) is 3.04. The number of amides is 1. The van der Waals surface area contributed by atoms with E-state index in [2.05, 4.69) is 17.9 Å². The van der Waals surface area contributed by atoms with Crippen molar-refractivity contribution in [2.45, 2.75) is 20.0 Å². The van der Waals surface area contributed by atoms with Crippen LogP contribution in [0.15, 0.2) is 42.5 Å². The predicted octanol–water partition coefficient (Wildman–Crippen LogP) is 3.18. The van der Waals surface area contributed by atoms with E-state index in [1.807, 2.05) is 36.4 Å². The molecule has 0 fully saturated rings. The average molecular weight is 354 g/mol. The summed E-state index contributed by atoms with van der Waals surface area (Å²) >= 11 is 0. The lowest BCUT2D eigenvalue weighted by Crippen LogP contribution is -2.24. The predicted molar refractivity (Wildman–Crippen MR) is 102 cm³/mol. The molecule has 0 spiro atoms. The Bertz CT molecular complexity index is 756. The summed E-state index contributed by atoms with van der Waals surface area (Å²) in [5, 5.41) is 0. The van der Waals surface area contributed by atoms with Crippen molar-refractivity contribution in [3.8, 4) is 11.5 Å².